The molecule has 1 heterocycles. The van der Waals surface area contributed by atoms with E-state index in [9.17, 15) is 4.79 Å². The van der Waals surface area contributed by atoms with E-state index in [1.54, 1.807) is 0 Å². The summed E-state index contributed by atoms with van der Waals surface area (Å²) >= 11 is 0. The Kier molecular flexibility index (Phi) is 4.05. The van der Waals surface area contributed by atoms with Gasteiger partial charge in [-0.05, 0) is 37.7 Å². The topological polar surface area (TPSA) is 29.5 Å². The van der Waals surface area contributed by atoms with Gasteiger partial charge in [0.1, 0.15) is 6.61 Å². The first kappa shape index (κ1) is 13.2. The summed E-state index contributed by atoms with van der Waals surface area (Å²) in [6.45, 7) is 0.498. The highest BCUT2D eigenvalue weighted by atomic mass is 16.6. The Morgan fingerprint density at radius 1 is 1.15 bits per heavy atom. The molecule has 2 aliphatic rings. The van der Waals surface area contributed by atoms with Crippen LogP contribution in [0.3, 0.4) is 0 Å². The number of cyclic esters (lactones) is 1. The average Bonchev–Trinajstić information content (AvgIpc) is 2.83. The van der Waals surface area contributed by atoms with Gasteiger partial charge in [-0.2, -0.15) is 0 Å². The molecule has 0 bridgehead atoms. The molecule has 1 atom stereocenters. The number of nitrogens with zero attached hydrogens (tertiary/aromatic N) is 1. The molecule has 0 unspecified atom stereocenters. The Hall–Kier alpha value is -1.77. The first-order valence-corrected chi connectivity index (χ1v) is 7.51. The predicted molar refractivity (Wildman–Crippen MR) is 78.3 cm³/mol. The van der Waals surface area contributed by atoms with E-state index in [1.807, 2.05) is 23.1 Å². The zero-order chi connectivity index (χ0) is 13.8. The van der Waals surface area contributed by atoms with E-state index in [0.717, 1.165) is 19.3 Å². The zero-order valence-electron chi connectivity index (χ0n) is 11.8. The summed E-state index contributed by atoms with van der Waals surface area (Å²) in [7, 11) is 0. The standard InChI is InChI=1S/C17H21NO2/c19-17-18(12-15-9-5-2-6-10-15)16(13-20-17)11-14-7-3-1-4-8-14/h1,3-4,7-8,12,16H,2,5-6,9-11,13H2/t16-/m0/s1. The van der Waals surface area contributed by atoms with Crippen molar-refractivity contribution in [1.29, 1.82) is 0 Å². The summed E-state index contributed by atoms with van der Waals surface area (Å²) in [5.74, 6) is 0. The van der Waals surface area contributed by atoms with Crippen LogP contribution in [0.2, 0.25) is 0 Å². The lowest BCUT2D eigenvalue weighted by molar-refractivity contribution is 0.166. The highest BCUT2D eigenvalue weighted by Gasteiger charge is 2.31. The number of carbonyl (C=O) groups excluding carboxylic acids is 1. The Morgan fingerprint density at radius 2 is 1.90 bits per heavy atom. The number of benzene rings is 1. The third-order valence-corrected chi connectivity index (χ3v) is 4.13. The van der Waals surface area contributed by atoms with Crippen LogP contribution < -0.4 is 0 Å². The van der Waals surface area contributed by atoms with E-state index in [0.29, 0.717) is 6.61 Å². The van der Waals surface area contributed by atoms with Crippen molar-refractivity contribution >= 4 is 6.09 Å². The van der Waals surface area contributed by atoms with Gasteiger partial charge in [0.15, 0.2) is 0 Å². The lowest BCUT2D eigenvalue weighted by Crippen LogP contribution is -2.31. The number of carbonyl (C=O) groups is 1. The maximum absolute atomic E-state index is 11.9. The van der Waals surface area contributed by atoms with Gasteiger partial charge in [-0.3, -0.25) is 4.90 Å². The minimum Gasteiger partial charge on any atom is -0.447 e. The number of ether oxygens (including phenoxy) is 1. The van der Waals surface area contributed by atoms with Crippen LogP contribution in [-0.4, -0.2) is 23.6 Å². The lowest BCUT2D eigenvalue weighted by Gasteiger charge is -2.21. The molecule has 1 aromatic rings. The Balaban J connectivity index is 1.71. The summed E-state index contributed by atoms with van der Waals surface area (Å²) in [4.78, 5) is 13.7. The normalized spacial score (nSPS) is 22.8. The van der Waals surface area contributed by atoms with Crippen LogP contribution in [0.4, 0.5) is 4.79 Å². The molecule has 1 aliphatic carbocycles. The van der Waals surface area contributed by atoms with Gasteiger partial charge >= 0.3 is 6.09 Å². The highest BCUT2D eigenvalue weighted by molar-refractivity contribution is 5.71. The van der Waals surface area contributed by atoms with Gasteiger partial charge < -0.3 is 4.74 Å². The van der Waals surface area contributed by atoms with Crippen LogP contribution in [0.25, 0.3) is 0 Å². The van der Waals surface area contributed by atoms with E-state index in [1.165, 1.54) is 30.4 Å². The quantitative estimate of drug-likeness (QED) is 0.834. The fourth-order valence-electron chi connectivity index (χ4n) is 3.00. The molecular formula is C17H21NO2. The largest absolute Gasteiger partial charge is 0.447 e. The molecular weight excluding hydrogens is 250 g/mol. The summed E-state index contributed by atoms with van der Waals surface area (Å²) in [6.07, 6.45) is 8.79. The van der Waals surface area contributed by atoms with Crippen molar-refractivity contribution in [2.75, 3.05) is 6.61 Å². The van der Waals surface area contributed by atoms with Crippen LogP contribution in [0, 0.1) is 0 Å². The van der Waals surface area contributed by atoms with E-state index in [2.05, 4.69) is 18.3 Å². The van der Waals surface area contributed by atoms with Crippen molar-refractivity contribution in [3.63, 3.8) is 0 Å². The van der Waals surface area contributed by atoms with Crippen molar-refractivity contribution in [3.8, 4) is 0 Å². The Labute approximate surface area is 120 Å². The van der Waals surface area contributed by atoms with E-state index >= 15 is 0 Å². The van der Waals surface area contributed by atoms with E-state index in [-0.39, 0.29) is 12.1 Å². The van der Waals surface area contributed by atoms with Crippen molar-refractivity contribution in [1.82, 2.24) is 4.90 Å². The first-order chi connectivity index (χ1) is 9.83. The monoisotopic (exact) mass is 271 g/mol. The van der Waals surface area contributed by atoms with Gasteiger partial charge in [-0.1, -0.05) is 42.3 Å². The first-order valence-electron chi connectivity index (χ1n) is 7.51. The van der Waals surface area contributed by atoms with Crippen LogP contribution in [0.1, 0.15) is 37.7 Å². The fourth-order valence-corrected chi connectivity index (χ4v) is 3.00. The van der Waals surface area contributed by atoms with E-state index in [4.69, 9.17) is 4.74 Å². The van der Waals surface area contributed by atoms with Crippen LogP contribution in [0.15, 0.2) is 42.1 Å². The fraction of sp³-hybridized carbons (Fsp3) is 0.471. The smallest absolute Gasteiger partial charge is 0.414 e. The van der Waals surface area contributed by atoms with Crippen molar-refractivity contribution in [3.05, 3.63) is 47.7 Å². The molecule has 2 fully saturated rings. The second kappa shape index (κ2) is 6.12. The lowest BCUT2D eigenvalue weighted by atomic mass is 9.95. The second-order valence-corrected chi connectivity index (χ2v) is 5.68. The Bertz CT molecular complexity index is 487. The Morgan fingerprint density at radius 3 is 2.65 bits per heavy atom. The minimum absolute atomic E-state index is 0.138. The molecule has 1 aromatic carbocycles. The van der Waals surface area contributed by atoms with Gasteiger partial charge in [0, 0.05) is 6.20 Å². The van der Waals surface area contributed by atoms with Crippen LogP contribution in [0.5, 0.6) is 0 Å². The second-order valence-electron chi connectivity index (χ2n) is 5.68. The maximum Gasteiger partial charge on any atom is 0.414 e. The number of rotatable bonds is 3. The van der Waals surface area contributed by atoms with Gasteiger partial charge in [-0.15, -0.1) is 0 Å². The van der Waals surface area contributed by atoms with Gasteiger partial charge in [-0.25, -0.2) is 4.79 Å². The molecule has 1 saturated heterocycles. The summed E-state index contributed by atoms with van der Waals surface area (Å²) in [5, 5.41) is 0. The summed E-state index contributed by atoms with van der Waals surface area (Å²) in [6, 6.07) is 10.4. The molecule has 1 amide bonds. The molecule has 3 nitrogen and oxygen atoms in total. The minimum atomic E-state index is -0.191. The van der Waals surface area contributed by atoms with Gasteiger partial charge in [0.2, 0.25) is 0 Å². The van der Waals surface area contributed by atoms with Gasteiger partial charge in [0.05, 0.1) is 6.04 Å². The summed E-state index contributed by atoms with van der Waals surface area (Å²) < 4.78 is 5.23. The third kappa shape index (κ3) is 3.03. The van der Waals surface area contributed by atoms with E-state index < -0.39 is 0 Å². The SMILES string of the molecule is O=C1OC[C@H](Cc2ccccc2)N1C=C1CCCCC1. The van der Waals surface area contributed by atoms with Crippen LogP contribution >= 0.6 is 0 Å². The number of allylic oxidation sites excluding steroid dienone is 1. The summed E-state index contributed by atoms with van der Waals surface area (Å²) in [5.41, 5.74) is 2.65. The molecule has 0 aromatic heterocycles. The highest BCUT2D eigenvalue weighted by Crippen LogP contribution is 2.26. The molecule has 3 heteroatoms. The third-order valence-electron chi connectivity index (χ3n) is 4.13. The predicted octanol–water partition coefficient (Wildman–Crippen LogP) is 3.90. The average molecular weight is 271 g/mol. The van der Waals surface area contributed by atoms with Gasteiger partial charge in [0.25, 0.3) is 0 Å². The number of hydrogen-bond acceptors (Lipinski definition) is 2. The van der Waals surface area contributed by atoms with Crippen molar-refractivity contribution < 1.29 is 9.53 Å². The molecule has 106 valence electrons. The molecule has 0 spiro atoms. The molecule has 0 radical (unpaired) electrons. The molecule has 20 heavy (non-hydrogen) atoms. The molecule has 1 saturated carbocycles. The number of hydrogen-bond donors (Lipinski definition) is 0. The molecule has 0 N–H and O–H groups in total. The zero-order valence-corrected chi connectivity index (χ0v) is 11.8. The molecule has 1 aliphatic heterocycles. The van der Waals surface area contributed by atoms with Crippen molar-refractivity contribution in [2.24, 2.45) is 0 Å². The van der Waals surface area contributed by atoms with Crippen molar-refractivity contribution in [2.45, 2.75) is 44.6 Å². The molecule has 3 rings (SSSR count). The van der Waals surface area contributed by atoms with Crippen LogP contribution in [-0.2, 0) is 11.2 Å². The number of amides is 1. The maximum atomic E-state index is 11.9.